The number of hydrogen-bond donors (Lipinski definition) is 2. The number of benzene rings is 1. The number of para-hydroxylation sites is 2. The van der Waals surface area contributed by atoms with Crippen LogP contribution < -0.4 is 0 Å². The van der Waals surface area contributed by atoms with Crippen molar-refractivity contribution in [2.45, 2.75) is 0 Å². The SMILES string of the molecule is Cl.OBO.c1ccc2ocnc2c1. The van der Waals surface area contributed by atoms with E-state index in [0.717, 1.165) is 11.1 Å². The van der Waals surface area contributed by atoms with Gasteiger partial charge >= 0.3 is 7.69 Å². The van der Waals surface area contributed by atoms with Crippen LogP contribution in [0.25, 0.3) is 11.1 Å². The highest BCUT2D eigenvalue weighted by molar-refractivity contribution is 6.13. The van der Waals surface area contributed by atoms with Crippen LogP contribution in [0.3, 0.4) is 0 Å². The van der Waals surface area contributed by atoms with Crippen LogP contribution in [0.15, 0.2) is 35.1 Å². The molecule has 2 rings (SSSR count). The largest absolute Gasteiger partial charge is 0.443 e. The van der Waals surface area contributed by atoms with Gasteiger partial charge in [-0.3, -0.25) is 0 Å². The average Bonchev–Trinajstić information content (AvgIpc) is 2.52. The molecule has 4 nitrogen and oxygen atoms in total. The molecule has 1 aromatic heterocycles. The maximum absolute atomic E-state index is 7.12. The molecule has 0 saturated heterocycles. The van der Waals surface area contributed by atoms with Crippen LogP contribution >= 0.6 is 12.4 Å². The maximum atomic E-state index is 7.12. The molecular weight excluding hydrogens is 192 g/mol. The van der Waals surface area contributed by atoms with Crippen LogP contribution in [0.1, 0.15) is 0 Å². The zero-order chi connectivity index (χ0) is 8.81. The summed E-state index contributed by atoms with van der Waals surface area (Å²) in [5.74, 6) is 0. The number of nitrogens with zero attached hydrogens (tertiary/aromatic N) is 1. The Labute approximate surface area is 81.9 Å². The first-order chi connectivity index (χ1) is 5.88. The fraction of sp³-hybridized carbons (Fsp3) is 0. The molecule has 0 bridgehead atoms. The van der Waals surface area contributed by atoms with Crippen LogP contribution in [-0.4, -0.2) is 22.7 Å². The quantitative estimate of drug-likeness (QED) is 0.609. The van der Waals surface area contributed by atoms with Crippen molar-refractivity contribution in [3.8, 4) is 0 Å². The Kier molecular flexibility index (Phi) is 5.96. The normalized spacial score (nSPS) is 8.15. The maximum Gasteiger partial charge on any atom is 0.432 e. The molecule has 1 aromatic carbocycles. The van der Waals surface area contributed by atoms with E-state index in [1.54, 1.807) is 0 Å². The van der Waals surface area contributed by atoms with Gasteiger partial charge in [0.15, 0.2) is 12.0 Å². The fourth-order valence-corrected chi connectivity index (χ4v) is 0.803. The Balaban J connectivity index is 0.000000324. The highest BCUT2D eigenvalue weighted by atomic mass is 35.5. The lowest BCUT2D eigenvalue weighted by atomic mass is 10.3. The topological polar surface area (TPSA) is 66.5 Å². The van der Waals surface area contributed by atoms with Crippen molar-refractivity contribution in [1.82, 2.24) is 4.98 Å². The highest BCUT2D eigenvalue weighted by Gasteiger charge is 1.91. The number of rotatable bonds is 0. The second-order valence-electron chi connectivity index (χ2n) is 1.96. The second-order valence-corrected chi connectivity index (χ2v) is 1.96. The van der Waals surface area contributed by atoms with Crippen LogP contribution in [0.5, 0.6) is 0 Å². The number of fused-ring (bicyclic) bond motifs is 1. The van der Waals surface area contributed by atoms with Crippen LogP contribution in [0.4, 0.5) is 0 Å². The Morgan fingerprint density at radius 3 is 2.46 bits per heavy atom. The van der Waals surface area contributed by atoms with E-state index < -0.39 is 7.69 Å². The van der Waals surface area contributed by atoms with Gasteiger partial charge in [0.05, 0.1) is 0 Å². The summed E-state index contributed by atoms with van der Waals surface area (Å²) in [7, 11) is -0.750. The first-order valence-electron chi connectivity index (χ1n) is 3.38. The first-order valence-corrected chi connectivity index (χ1v) is 3.38. The Hall–Kier alpha value is -1.04. The minimum absolute atomic E-state index is 0. The summed E-state index contributed by atoms with van der Waals surface area (Å²) in [6.45, 7) is 0. The third-order valence-corrected chi connectivity index (χ3v) is 1.24. The fourth-order valence-electron chi connectivity index (χ4n) is 0.803. The van der Waals surface area contributed by atoms with Crippen molar-refractivity contribution >= 4 is 31.2 Å². The van der Waals surface area contributed by atoms with E-state index in [0.29, 0.717) is 0 Å². The predicted molar refractivity (Wildman–Crippen MR) is 52.8 cm³/mol. The van der Waals surface area contributed by atoms with E-state index in [-0.39, 0.29) is 12.4 Å². The molecule has 0 aliphatic heterocycles. The molecular formula is C7H9BClNO3. The van der Waals surface area contributed by atoms with Gasteiger partial charge in [0, 0.05) is 0 Å². The van der Waals surface area contributed by atoms with Gasteiger partial charge in [0.2, 0.25) is 0 Å². The lowest BCUT2D eigenvalue weighted by Gasteiger charge is -1.79. The highest BCUT2D eigenvalue weighted by Crippen LogP contribution is 2.09. The van der Waals surface area contributed by atoms with Crippen LogP contribution in [0.2, 0.25) is 0 Å². The third-order valence-electron chi connectivity index (χ3n) is 1.24. The molecule has 0 unspecified atom stereocenters. The number of hydrogen-bond acceptors (Lipinski definition) is 4. The molecule has 1 heterocycles. The van der Waals surface area contributed by atoms with E-state index >= 15 is 0 Å². The average molecular weight is 201 g/mol. The van der Waals surface area contributed by atoms with Gasteiger partial charge in [0.1, 0.15) is 5.52 Å². The zero-order valence-corrected chi connectivity index (χ0v) is 7.57. The number of aromatic nitrogens is 1. The van der Waals surface area contributed by atoms with Gasteiger partial charge in [-0.25, -0.2) is 4.98 Å². The predicted octanol–water partition coefficient (Wildman–Crippen LogP) is 0.487. The summed E-state index contributed by atoms with van der Waals surface area (Å²) in [5, 5.41) is 14.2. The molecule has 70 valence electrons. The van der Waals surface area contributed by atoms with Crippen LogP contribution in [0, 0.1) is 0 Å². The molecule has 13 heavy (non-hydrogen) atoms. The van der Waals surface area contributed by atoms with E-state index in [4.69, 9.17) is 14.5 Å². The molecule has 0 radical (unpaired) electrons. The molecule has 2 N–H and O–H groups in total. The van der Waals surface area contributed by atoms with Crippen molar-refractivity contribution in [2.75, 3.05) is 0 Å². The summed E-state index contributed by atoms with van der Waals surface area (Å²) in [6.07, 6.45) is 1.45. The van der Waals surface area contributed by atoms with E-state index in [2.05, 4.69) is 4.98 Å². The molecule has 2 aromatic rings. The van der Waals surface area contributed by atoms with Crippen molar-refractivity contribution in [1.29, 1.82) is 0 Å². The summed E-state index contributed by atoms with van der Waals surface area (Å²) < 4.78 is 5.01. The lowest BCUT2D eigenvalue weighted by molar-refractivity contribution is 0.448. The smallest absolute Gasteiger partial charge is 0.432 e. The molecule has 0 aliphatic carbocycles. The summed E-state index contributed by atoms with van der Waals surface area (Å²) in [5.41, 5.74) is 1.76. The van der Waals surface area contributed by atoms with E-state index in [1.807, 2.05) is 24.3 Å². The van der Waals surface area contributed by atoms with Gasteiger partial charge in [-0.1, -0.05) is 12.1 Å². The van der Waals surface area contributed by atoms with Crippen molar-refractivity contribution in [2.24, 2.45) is 0 Å². The van der Waals surface area contributed by atoms with Gasteiger partial charge in [-0.2, -0.15) is 0 Å². The van der Waals surface area contributed by atoms with Crippen LogP contribution in [-0.2, 0) is 0 Å². The lowest BCUT2D eigenvalue weighted by Crippen LogP contribution is -1.75. The standard InChI is InChI=1S/C7H5NO.BH3O2.ClH/c1-2-4-7-6(3-1)8-5-9-7;2-1-3;/h1-5H;1-3H;1H. The second kappa shape index (κ2) is 6.48. The van der Waals surface area contributed by atoms with Gasteiger partial charge in [-0.15, -0.1) is 12.4 Å². The van der Waals surface area contributed by atoms with Crippen molar-refractivity contribution in [3.05, 3.63) is 30.7 Å². The summed E-state index contributed by atoms with van der Waals surface area (Å²) in [4.78, 5) is 3.95. The first kappa shape index (κ1) is 12.0. The molecule has 0 atom stereocenters. The van der Waals surface area contributed by atoms with Crippen molar-refractivity contribution < 1.29 is 14.5 Å². The molecule has 0 amide bonds. The Morgan fingerprint density at radius 2 is 1.85 bits per heavy atom. The minimum atomic E-state index is -0.750. The number of halogens is 1. The minimum Gasteiger partial charge on any atom is -0.443 e. The summed E-state index contributed by atoms with van der Waals surface area (Å²) >= 11 is 0. The van der Waals surface area contributed by atoms with Gasteiger partial charge < -0.3 is 14.5 Å². The summed E-state index contributed by atoms with van der Waals surface area (Å²) in [6, 6.07) is 7.67. The zero-order valence-electron chi connectivity index (χ0n) is 6.75. The third kappa shape index (κ3) is 3.46. The number of oxazole rings is 1. The molecule has 6 heteroatoms. The monoisotopic (exact) mass is 201 g/mol. The molecule has 0 fully saturated rings. The van der Waals surface area contributed by atoms with E-state index in [9.17, 15) is 0 Å². The molecule has 0 spiro atoms. The Bertz CT molecular complexity index is 311. The molecule has 0 aliphatic rings. The molecule has 0 saturated carbocycles. The van der Waals surface area contributed by atoms with Gasteiger partial charge in [-0.05, 0) is 12.1 Å². The van der Waals surface area contributed by atoms with Gasteiger partial charge in [0.25, 0.3) is 0 Å². The van der Waals surface area contributed by atoms with Crippen molar-refractivity contribution in [3.63, 3.8) is 0 Å². The van der Waals surface area contributed by atoms with E-state index in [1.165, 1.54) is 6.39 Å². The Morgan fingerprint density at radius 1 is 1.23 bits per heavy atom.